The Morgan fingerprint density at radius 2 is 1.84 bits per heavy atom. The summed E-state index contributed by atoms with van der Waals surface area (Å²) in [6.45, 7) is 4.76. The van der Waals surface area contributed by atoms with E-state index in [4.69, 9.17) is 14.2 Å². The van der Waals surface area contributed by atoms with Crippen LogP contribution in [0.1, 0.15) is 79.1 Å². The number of alkyl halides is 3. The fourth-order valence-corrected chi connectivity index (χ4v) is 9.08. The molecule has 0 spiro atoms. The number of carbonyl (C=O) groups is 4. The lowest BCUT2D eigenvalue weighted by Gasteiger charge is -2.35. The van der Waals surface area contributed by atoms with Crippen LogP contribution in [0.4, 0.5) is 22.4 Å². The Labute approximate surface area is 333 Å². The van der Waals surface area contributed by atoms with Crippen LogP contribution in [-0.4, -0.2) is 96.5 Å². The van der Waals surface area contributed by atoms with Crippen molar-refractivity contribution in [3.63, 3.8) is 0 Å². The first kappa shape index (κ1) is 42.9. The second kappa shape index (κ2) is 16.2. The largest absolute Gasteiger partial charge is 0.494 e. The highest BCUT2D eigenvalue weighted by Crippen LogP contribution is 2.46. The molecule has 2 aliphatic carbocycles. The molecule has 1 aromatic carbocycles. The van der Waals surface area contributed by atoms with E-state index in [1.54, 1.807) is 19.1 Å². The maximum absolute atomic E-state index is 14.9. The Morgan fingerprint density at radius 3 is 2.50 bits per heavy atom. The van der Waals surface area contributed by atoms with E-state index < -0.39 is 92.2 Å². The van der Waals surface area contributed by atoms with Gasteiger partial charge in [0, 0.05) is 23.9 Å². The van der Waals surface area contributed by atoms with Gasteiger partial charge in [-0.15, -0.1) is 0 Å². The molecule has 3 N–H and O–H groups in total. The first-order valence-electron chi connectivity index (χ1n) is 19.4. The summed E-state index contributed by atoms with van der Waals surface area (Å²) in [5.41, 5.74) is -4.58. The number of methoxy groups -OCH3 is 1. The Bertz CT molecular complexity index is 2080. The Kier molecular flexibility index (Phi) is 12.0. The third kappa shape index (κ3) is 8.98. The second-order valence-corrected chi connectivity index (χ2v) is 18.2. The number of halogens is 4. The van der Waals surface area contributed by atoms with Crippen molar-refractivity contribution in [2.45, 2.75) is 120 Å². The molecule has 3 fully saturated rings. The molecule has 2 saturated carbocycles. The van der Waals surface area contributed by atoms with Crippen LogP contribution in [0.15, 0.2) is 36.5 Å². The van der Waals surface area contributed by atoms with Gasteiger partial charge in [-0.05, 0) is 87.8 Å². The first-order valence-corrected chi connectivity index (χ1v) is 20.9. The predicted octanol–water partition coefficient (Wildman–Crippen LogP) is 5.05. The van der Waals surface area contributed by atoms with E-state index in [1.807, 2.05) is 13.0 Å². The number of rotatable bonds is 9. The zero-order valence-corrected chi connectivity index (χ0v) is 33.7. The number of amides is 4. The Hall–Kier alpha value is -4.68. The monoisotopic (exact) mass is 839 g/mol. The molecule has 1 saturated heterocycles. The van der Waals surface area contributed by atoms with Crippen molar-refractivity contribution in [1.82, 2.24) is 25.2 Å². The number of carbonyl (C=O) groups excluding carboxylic acids is 4. The minimum Gasteiger partial charge on any atom is -0.494 e. The molecule has 2 aliphatic heterocycles. The molecule has 7 atom stereocenters. The standard InChI is InChI=1S/C39H49F4N5O9S/c1-6-22-15-21(2)9-7-8-10-24-19-38(24,35(51)47-58(53,54)26-11-12-26)46-32(49)29-17-25(56-33-27-18-28(40)30(55-5)16-23(27)13-14-44-33)20-48(29)34(50)31(22)45-36(52)57-37(3,4)39(41,42)43/h8,10,13-14,16,18,21-22,24-26,29,31H,6-7,9,11-12,15,17,19-20H2,1-5H3,(H,45,52)(H,46,49)(H,47,51)/b10-8-/t21-,22-,24-,25-,29+,31+,38-/m1/s1. The van der Waals surface area contributed by atoms with Gasteiger partial charge in [-0.3, -0.25) is 19.1 Å². The van der Waals surface area contributed by atoms with Crippen LogP contribution in [0.5, 0.6) is 11.6 Å². The van der Waals surface area contributed by atoms with Gasteiger partial charge in [-0.2, -0.15) is 13.2 Å². The van der Waals surface area contributed by atoms with Crippen molar-refractivity contribution in [3.8, 4) is 11.6 Å². The van der Waals surface area contributed by atoms with Crippen molar-refractivity contribution in [1.29, 1.82) is 0 Å². The van der Waals surface area contributed by atoms with Crippen LogP contribution < -0.4 is 24.8 Å². The number of aromatic nitrogens is 1. The third-order valence-corrected chi connectivity index (χ3v) is 13.4. The Balaban J connectivity index is 1.37. The molecule has 19 heteroatoms. The maximum Gasteiger partial charge on any atom is 0.427 e. The predicted molar refractivity (Wildman–Crippen MR) is 201 cm³/mol. The quantitative estimate of drug-likeness (QED) is 0.228. The highest BCUT2D eigenvalue weighted by atomic mass is 32.2. The van der Waals surface area contributed by atoms with E-state index in [9.17, 15) is 45.2 Å². The molecule has 3 heterocycles. The number of nitrogens with zero attached hydrogens (tertiary/aromatic N) is 2. The number of hydrogen-bond donors (Lipinski definition) is 3. The average Bonchev–Trinajstić information content (AvgIpc) is 4.07. The zero-order valence-electron chi connectivity index (χ0n) is 32.9. The smallest absolute Gasteiger partial charge is 0.427 e. The lowest BCUT2D eigenvalue weighted by atomic mass is 9.85. The third-order valence-electron chi connectivity index (χ3n) is 11.6. The van der Waals surface area contributed by atoms with E-state index in [-0.39, 0.29) is 42.3 Å². The lowest BCUT2D eigenvalue weighted by Crippen LogP contribution is -2.59. The van der Waals surface area contributed by atoms with Gasteiger partial charge in [0.25, 0.3) is 5.91 Å². The number of fused-ring (bicyclic) bond motifs is 3. The minimum atomic E-state index is -4.93. The number of benzene rings is 1. The summed E-state index contributed by atoms with van der Waals surface area (Å²) in [7, 11) is -2.69. The van der Waals surface area contributed by atoms with Gasteiger partial charge in [0.15, 0.2) is 11.6 Å². The van der Waals surface area contributed by atoms with Gasteiger partial charge in [-0.25, -0.2) is 22.6 Å². The molecule has 6 rings (SSSR count). The number of sulfonamides is 1. The summed E-state index contributed by atoms with van der Waals surface area (Å²) in [5.74, 6) is -4.56. The van der Waals surface area contributed by atoms with E-state index in [2.05, 4.69) is 20.3 Å². The van der Waals surface area contributed by atoms with Crippen molar-refractivity contribution >= 4 is 44.6 Å². The van der Waals surface area contributed by atoms with Crippen molar-refractivity contribution in [2.24, 2.45) is 17.8 Å². The van der Waals surface area contributed by atoms with E-state index >= 15 is 0 Å². The van der Waals surface area contributed by atoms with E-state index in [1.165, 1.54) is 25.4 Å². The average molecular weight is 840 g/mol. The topological polar surface area (TPSA) is 182 Å². The van der Waals surface area contributed by atoms with Gasteiger partial charge < -0.3 is 29.7 Å². The maximum atomic E-state index is 14.9. The van der Waals surface area contributed by atoms with Crippen LogP contribution in [-0.2, 0) is 29.1 Å². The van der Waals surface area contributed by atoms with Crippen LogP contribution in [0.3, 0.4) is 0 Å². The van der Waals surface area contributed by atoms with E-state index in [0.29, 0.717) is 57.8 Å². The number of alkyl carbamates (subject to hydrolysis) is 1. The van der Waals surface area contributed by atoms with Crippen LogP contribution in [0.2, 0.25) is 0 Å². The highest BCUT2D eigenvalue weighted by Gasteiger charge is 2.62. The summed E-state index contributed by atoms with van der Waals surface area (Å²) in [6, 6.07) is 1.37. The van der Waals surface area contributed by atoms with Crippen LogP contribution in [0.25, 0.3) is 10.8 Å². The fraction of sp³-hybridized carbons (Fsp3) is 0.615. The number of pyridine rings is 1. The SMILES string of the molecule is CC[C@@H]1C[C@H](C)CC/C=C\[C@@H]2C[C@@]2(C(=O)NS(=O)(=O)C2CC2)NC(=O)[C@@H]2C[C@@H](Oc3nccc4cc(OC)c(F)cc34)CN2C(=O)[C@H]1NC(=O)OC(C)(C)C(F)(F)F. The van der Waals surface area contributed by atoms with Gasteiger partial charge >= 0.3 is 12.3 Å². The second-order valence-electron chi connectivity index (χ2n) is 16.3. The summed E-state index contributed by atoms with van der Waals surface area (Å²) < 4.78 is 100. The summed E-state index contributed by atoms with van der Waals surface area (Å²) in [5, 5.41) is 5.19. The number of hydrogen-bond acceptors (Lipinski definition) is 10. The molecule has 318 valence electrons. The molecule has 58 heavy (non-hydrogen) atoms. The Morgan fingerprint density at radius 1 is 1.12 bits per heavy atom. The van der Waals surface area contributed by atoms with Gasteiger partial charge in [0.2, 0.25) is 33.3 Å². The van der Waals surface area contributed by atoms with Gasteiger partial charge in [0.05, 0.1) is 18.9 Å². The van der Waals surface area contributed by atoms with Crippen molar-refractivity contribution < 1.29 is 59.4 Å². The zero-order chi connectivity index (χ0) is 42.4. The molecule has 4 aliphatic rings. The highest BCUT2D eigenvalue weighted by molar-refractivity contribution is 7.91. The molecule has 0 unspecified atom stereocenters. The van der Waals surface area contributed by atoms with Crippen LogP contribution >= 0.6 is 0 Å². The fourth-order valence-electron chi connectivity index (χ4n) is 7.72. The molecule has 0 radical (unpaired) electrons. The molecular formula is C39H49F4N5O9S. The van der Waals surface area contributed by atoms with Crippen LogP contribution in [0, 0.1) is 23.6 Å². The minimum absolute atomic E-state index is 0.0229. The molecule has 4 amide bonds. The van der Waals surface area contributed by atoms with Gasteiger partial charge in [-0.1, -0.05) is 32.4 Å². The molecular weight excluding hydrogens is 791 g/mol. The van der Waals surface area contributed by atoms with E-state index in [0.717, 1.165) is 4.90 Å². The normalized spacial score (nSPS) is 28.9. The summed E-state index contributed by atoms with van der Waals surface area (Å²) in [4.78, 5) is 61.7. The van der Waals surface area contributed by atoms with Crippen molar-refractivity contribution in [2.75, 3.05) is 13.7 Å². The van der Waals surface area contributed by atoms with Crippen molar-refractivity contribution in [3.05, 3.63) is 42.4 Å². The van der Waals surface area contributed by atoms with Gasteiger partial charge in [0.1, 0.15) is 23.7 Å². The lowest BCUT2D eigenvalue weighted by molar-refractivity contribution is -0.244. The molecule has 0 bridgehead atoms. The molecule has 2 aromatic rings. The molecule has 14 nitrogen and oxygen atoms in total. The number of ether oxygens (including phenoxy) is 3. The number of nitrogens with one attached hydrogen (secondary N) is 3. The molecule has 1 aromatic heterocycles. The summed E-state index contributed by atoms with van der Waals surface area (Å²) in [6.07, 6.45) is 0.0786. The first-order chi connectivity index (χ1) is 27.2. The summed E-state index contributed by atoms with van der Waals surface area (Å²) >= 11 is 0. The number of allylic oxidation sites excluding steroid dienone is 1.